The van der Waals surface area contributed by atoms with Crippen molar-refractivity contribution in [3.05, 3.63) is 18.5 Å². The third-order valence-corrected chi connectivity index (χ3v) is 3.04. The highest BCUT2D eigenvalue weighted by molar-refractivity contribution is 4.80. The number of rotatable bonds is 4. The molecule has 0 aromatic carbocycles. The predicted molar refractivity (Wildman–Crippen MR) is 60.7 cm³/mol. The Bertz CT molecular complexity index is 270. The Balaban J connectivity index is 1.74. The van der Waals surface area contributed by atoms with E-state index < -0.39 is 0 Å². The van der Waals surface area contributed by atoms with Gasteiger partial charge in [0.1, 0.15) is 0 Å². The minimum Gasteiger partial charge on any atom is -0.311 e. The zero-order chi connectivity index (χ0) is 10.5. The van der Waals surface area contributed by atoms with Crippen LogP contribution in [0.3, 0.4) is 0 Å². The monoisotopic (exact) mass is 208 g/mol. The van der Waals surface area contributed by atoms with E-state index in [2.05, 4.69) is 22.2 Å². The van der Waals surface area contributed by atoms with Crippen LogP contribution >= 0.6 is 0 Å². The second-order valence-electron chi connectivity index (χ2n) is 4.13. The smallest absolute Gasteiger partial charge is 0.0536 e. The number of nitrogens with zero attached hydrogens (tertiary/aromatic N) is 3. The number of hydrogen-bond donors (Lipinski definition) is 1. The second-order valence-corrected chi connectivity index (χ2v) is 4.13. The molecule has 0 bridgehead atoms. The van der Waals surface area contributed by atoms with Crippen LogP contribution in [0.1, 0.15) is 13.3 Å². The Labute approximate surface area is 91.3 Å². The average Bonchev–Trinajstić information content (AvgIpc) is 2.79. The summed E-state index contributed by atoms with van der Waals surface area (Å²) in [6.07, 6.45) is 5.09. The Morgan fingerprint density at radius 1 is 1.47 bits per heavy atom. The maximum atomic E-state index is 4.21. The molecule has 1 unspecified atom stereocenters. The fraction of sp³-hybridized carbons (Fsp3) is 0.727. The van der Waals surface area contributed by atoms with Gasteiger partial charge in [0.15, 0.2) is 0 Å². The third-order valence-electron chi connectivity index (χ3n) is 3.04. The van der Waals surface area contributed by atoms with Crippen LogP contribution in [-0.4, -0.2) is 46.9 Å². The average molecular weight is 208 g/mol. The molecule has 0 aliphatic carbocycles. The molecule has 1 aromatic heterocycles. The van der Waals surface area contributed by atoms with Gasteiger partial charge in [-0.25, -0.2) is 0 Å². The van der Waals surface area contributed by atoms with Gasteiger partial charge in [-0.2, -0.15) is 5.10 Å². The molecule has 15 heavy (non-hydrogen) atoms. The van der Waals surface area contributed by atoms with Gasteiger partial charge in [-0.05, 0) is 12.5 Å². The molecule has 4 nitrogen and oxygen atoms in total. The van der Waals surface area contributed by atoms with Crippen molar-refractivity contribution in [2.24, 2.45) is 0 Å². The van der Waals surface area contributed by atoms with Crippen molar-refractivity contribution in [2.75, 3.05) is 26.2 Å². The number of piperazine rings is 1. The van der Waals surface area contributed by atoms with Crippen molar-refractivity contribution in [3.63, 3.8) is 0 Å². The molecule has 2 heterocycles. The van der Waals surface area contributed by atoms with E-state index in [9.17, 15) is 0 Å². The van der Waals surface area contributed by atoms with Crippen LogP contribution in [0.25, 0.3) is 0 Å². The van der Waals surface area contributed by atoms with Crippen LogP contribution in [0.4, 0.5) is 0 Å². The molecular weight excluding hydrogens is 188 g/mol. The van der Waals surface area contributed by atoms with Crippen LogP contribution in [0, 0.1) is 0 Å². The van der Waals surface area contributed by atoms with Crippen molar-refractivity contribution in [1.29, 1.82) is 0 Å². The summed E-state index contributed by atoms with van der Waals surface area (Å²) in [5, 5.41) is 7.74. The summed E-state index contributed by atoms with van der Waals surface area (Å²) in [5.74, 6) is 0. The molecule has 1 aliphatic rings. The Hall–Kier alpha value is -0.870. The van der Waals surface area contributed by atoms with E-state index in [1.807, 2.05) is 23.1 Å². The van der Waals surface area contributed by atoms with Crippen LogP contribution in [0.15, 0.2) is 18.5 Å². The molecule has 1 fully saturated rings. The van der Waals surface area contributed by atoms with E-state index in [4.69, 9.17) is 0 Å². The zero-order valence-electron chi connectivity index (χ0n) is 9.39. The topological polar surface area (TPSA) is 33.1 Å². The maximum Gasteiger partial charge on any atom is 0.0536 e. The normalized spacial score (nSPS) is 23.1. The van der Waals surface area contributed by atoms with E-state index in [0.29, 0.717) is 6.04 Å². The highest BCUT2D eigenvalue weighted by Gasteiger charge is 2.16. The van der Waals surface area contributed by atoms with Crippen LogP contribution in [0.5, 0.6) is 0 Å². The standard InChI is InChI=1S/C11H20N4/c1-2-11-10-14(7-5-12-11)8-9-15-6-3-4-13-15/h3-4,6,11-12H,2,5,7-10H2,1H3. The van der Waals surface area contributed by atoms with Crippen LogP contribution in [0.2, 0.25) is 0 Å². The molecule has 1 atom stereocenters. The van der Waals surface area contributed by atoms with Crippen molar-refractivity contribution in [2.45, 2.75) is 25.9 Å². The highest BCUT2D eigenvalue weighted by atomic mass is 15.3. The van der Waals surface area contributed by atoms with Crippen molar-refractivity contribution < 1.29 is 0 Å². The first-order valence-corrected chi connectivity index (χ1v) is 5.81. The first-order chi connectivity index (χ1) is 7.38. The Morgan fingerprint density at radius 2 is 2.40 bits per heavy atom. The fourth-order valence-corrected chi connectivity index (χ4v) is 2.05. The second kappa shape index (κ2) is 5.28. The minimum atomic E-state index is 0.677. The zero-order valence-corrected chi connectivity index (χ0v) is 9.39. The molecule has 0 saturated carbocycles. The molecule has 1 N–H and O–H groups in total. The molecular formula is C11H20N4. The number of hydrogen-bond acceptors (Lipinski definition) is 3. The maximum absolute atomic E-state index is 4.21. The number of aromatic nitrogens is 2. The van der Waals surface area contributed by atoms with Gasteiger partial charge in [-0.15, -0.1) is 0 Å². The first kappa shape index (κ1) is 10.6. The lowest BCUT2D eigenvalue weighted by Crippen LogP contribution is -2.50. The summed E-state index contributed by atoms with van der Waals surface area (Å²) in [4.78, 5) is 2.52. The Kier molecular flexibility index (Phi) is 3.75. The van der Waals surface area contributed by atoms with Gasteiger partial charge in [0.05, 0.1) is 6.54 Å². The van der Waals surface area contributed by atoms with Gasteiger partial charge in [-0.1, -0.05) is 6.92 Å². The van der Waals surface area contributed by atoms with Gasteiger partial charge < -0.3 is 5.32 Å². The van der Waals surface area contributed by atoms with E-state index in [0.717, 1.165) is 26.2 Å². The number of nitrogens with one attached hydrogen (secondary N) is 1. The lowest BCUT2D eigenvalue weighted by Gasteiger charge is -2.33. The molecule has 0 radical (unpaired) electrons. The lowest BCUT2D eigenvalue weighted by molar-refractivity contribution is 0.189. The summed E-state index contributed by atoms with van der Waals surface area (Å²) in [6.45, 7) is 7.82. The Morgan fingerprint density at radius 3 is 3.13 bits per heavy atom. The van der Waals surface area contributed by atoms with Gasteiger partial charge in [-0.3, -0.25) is 9.58 Å². The molecule has 2 rings (SSSR count). The molecule has 0 amide bonds. The summed E-state index contributed by atoms with van der Waals surface area (Å²) < 4.78 is 2.00. The van der Waals surface area contributed by atoms with E-state index in [1.54, 1.807) is 0 Å². The summed E-state index contributed by atoms with van der Waals surface area (Å²) in [5.41, 5.74) is 0. The van der Waals surface area contributed by atoms with Gasteiger partial charge in [0.2, 0.25) is 0 Å². The largest absolute Gasteiger partial charge is 0.311 e. The molecule has 84 valence electrons. The quantitative estimate of drug-likeness (QED) is 0.785. The van der Waals surface area contributed by atoms with E-state index in [1.165, 1.54) is 13.0 Å². The van der Waals surface area contributed by atoms with Gasteiger partial charge in [0, 0.05) is 44.6 Å². The van der Waals surface area contributed by atoms with Crippen molar-refractivity contribution >= 4 is 0 Å². The van der Waals surface area contributed by atoms with E-state index in [-0.39, 0.29) is 0 Å². The molecule has 0 spiro atoms. The SMILES string of the molecule is CCC1CN(CCn2cccn2)CCN1. The summed E-state index contributed by atoms with van der Waals surface area (Å²) >= 11 is 0. The first-order valence-electron chi connectivity index (χ1n) is 5.81. The van der Waals surface area contributed by atoms with Gasteiger partial charge >= 0.3 is 0 Å². The molecule has 4 heteroatoms. The van der Waals surface area contributed by atoms with Crippen molar-refractivity contribution in [1.82, 2.24) is 20.0 Å². The summed E-state index contributed by atoms with van der Waals surface area (Å²) in [7, 11) is 0. The van der Waals surface area contributed by atoms with Crippen LogP contribution < -0.4 is 5.32 Å². The highest BCUT2D eigenvalue weighted by Crippen LogP contribution is 2.02. The lowest BCUT2D eigenvalue weighted by atomic mass is 10.1. The third kappa shape index (κ3) is 3.04. The predicted octanol–water partition coefficient (Wildman–Crippen LogP) is 0.567. The molecule has 1 aromatic rings. The van der Waals surface area contributed by atoms with Gasteiger partial charge in [0.25, 0.3) is 0 Å². The van der Waals surface area contributed by atoms with Crippen molar-refractivity contribution in [3.8, 4) is 0 Å². The summed E-state index contributed by atoms with van der Waals surface area (Å²) in [6, 6.07) is 2.66. The van der Waals surface area contributed by atoms with E-state index >= 15 is 0 Å². The minimum absolute atomic E-state index is 0.677. The van der Waals surface area contributed by atoms with Crippen LogP contribution in [-0.2, 0) is 6.54 Å². The fourth-order valence-electron chi connectivity index (χ4n) is 2.05. The molecule has 1 aliphatic heterocycles. The molecule has 1 saturated heterocycles.